The van der Waals surface area contributed by atoms with Crippen LogP contribution in [0.3, 0.4) is 0 Å². The molecular formula is C13H14ClN3O. The Kier molecular flexibility index (Phi) is 4.36. The summed E-state index contributed by atoms with van der Waals surface area (Å²) in [5.74, 6) is -0.00298. The summed E-state index contributed by atoms with van der Waals surface area (Å²) >= 11 is 5.86. The Bertz CT molecular complexity index is 511. The normalized spacial score (nSPS) is 10.3. The molecule has 4 nitrogen and oxygen atoms in total. The second-order valence-electron chi connectivity index (χ2n) is 3.98. The van der Waals surface area contributed by atoms with Crippen LogP contribution in [0.25, 0.3) is 0 Å². The second-order valence-corrected chi connectivity index (χ2v) is 4.42. The molecule has 0 fully saturated rings. The summed E-state index contributed by atoms with van der Waals surface area (Å²) in [4.78, 5) is 18.6. The van der Waals surface area contributed by atoms with Crippen molar-refractivity contribution in [2.75, 3.05) is 6.54 Å². The van der Waals surface area contributed by atoms with E-state index in [2.05, 4.69) is 15.3 Å². The number of nitrogens with zero attached hydrogens (tertiary/aromatic N) is 1. The third-order valence-electron chi connectivity index (χ3n) is 2.53. The first-order chi connectivity index (χ1) is 8.74. The van der Waals surface area contributed by atoms with Crippen LogP contribution in [-0.2, 0) is 17.6 Å². The maximum Gasteiger partial charge on any atom is 0.224 e. The van der Waals surface area contributed by atoms with Crippen molar-refractivity contribution in [3.8, 4) is 0 Å². The molecule has 1 aromatic carbocycles. The van der Waals surface area contributed by atoms with Gasteiger partial charge >= 0.3 is 0 Å². The summed E-state index contributed by atoms with van der Waals surface area (Å²) in [7, 11) is 0. The van der Waals surface area contributed by atoms with Crippen molar-refractivity contribution >= 4 is 17.5 Å². The van der Waals surface area contributed by atoms with Crippen LogP contribution in [0.5, 0.6) is 0 Å². The molecule has 2 N–H and O–H groups in total. The van der Waals surface area contributed by atoms with Crippen LogP contribution in [0.1, 0.15) is 11.3 Å². The molecule has 2 rings (SSSR count). The largest absolute Gasteiger partial charge is 0.355 e. The van der Waals surface area contributed by atoms with E-state index in [0.29, 0.717) is 18.0 Å². The molecule has 0 atom stereocenters. The van der Waals surface area contributed by atoms with Gasteiger partial charge < -0.3 is 10.3 Å². The number of halogens is 1. The molecule has 1 heterocycles. The van der Waals surface area contributed by atoms with E-state index in [0.717, 1.165) is 17.7 Å². The zero-order valence-corrected chi connectivity index (χ0v) is 10.6. The molecule has 0 saturated carbocycles. The van der Waals surface area contributed by atoms with Gasteiger partial charge in [0, 0.05) is 29.9 Å². The molecule has 1 aromatic heterocycles. The van der Waals surface area contributed by atoms with E-state index in [1.54, 1.807) is 24.7 Å². The van der Waals surface area contributed by atoms with Gasteiger partial charge in [0.2, 0.25) is 5.91 Å². The lowest BCUT2D eigenvalue weighted by Crippen LogP contribution is -2.27. The lowest BCUT2D eigenvalue weighted by Gasteiger charge is -2.04. The van der Waals surface area contributed by atoms with Crippen molar-refractivity contribution in [3.63, 3.8) is 0 Å². The van der Waals surface area contributed by atoms with Gasteiger partial charge in [0.25, 0.3) is 0 Å². The van der Waals surface area contributed by atoms with Crippen LogP contribution in [0.4, 0.5) is 0 Å². The molecule has 0 spiro atoms. The Morgan fingerprint density at radius 3 is 3.06 bits per heavy atom. The molecule has 0 aliphatic rings. The van der Waals surface area contributed by atoms with Crippen molar-refractivity contribution in [3.05, 3.63) is 53.1 Å². The van der Waals surface area contributed by atoms with E-state index in [-0.39, 0.29) is 5.91 Å². The van der Waals surface area contributed by atoms with E-state index in [9.17, 15) is 4.79 Å². The van der Waals surface area contributed by atoms with Crippen LogP contribution in [0.2, 0.25) is 5.02 Å². The van der Waals surface area contributed by atoms with E-state index in [1.807, 2.05) is 12.1 Å². The van der Waals surface area contributed by atoms with Crippen molar-refractivity contribution in [2.24, 2.45) is 0 Å². The molecule has 0 aliphatic carbocycles. The number of aromatic nitrogens is 2. The van der Waals surface area contributed by atoms with Gasteiger partial charge in [0.15, 0.2) is 0 Å². The highest BCUT2D eigenvalue weighted by Gasteiger charge is 2.03. The van der Waals surface area contributed by atoms with Gasteiger partial charge in [-0.2, -0.15) is 0 Å². The van der Waals surface area contributed by atoms with Crippen molar-refractivity contribution < 1.29 is 4.79 Å². The first-order valence-corrected chi connectivity index (χ1v) is 6.10. The molecule has 2 aromatic rings. The number of carbonyl (C=O) groups excluding carboxylic acids is 1. The number of benzene rings is 1. The number of rotatable bonds is 5. The monoisotopic (exact) mass is 263 g/mol. The summed E-state index contributed by atoms with van der Waals surface area (Å²) < 4.78 is 0. The molecule has 0 aliphatic heterocycles. The minimum Gasteiger partial charge on any atom is -0.355 e. The Balaban J connectivity index is 1.75. The molecule has 1 amide bonds. The van der Waals surface area contributed by atoms with E-state index < -0.39 is 0 Å². The maximum absolute atomic E-state index is 11.7. The number of H-pyrrole nitrogens is 1. The molecule has 0 radical (unpaired) electrons. The third-order valence-corrected chi connectivity index (χ3v) is 2.76. The number of aromatic amines is 1. The third kappa shape index (κ3) is 3.89. The van der Waals surface area contributed by atoms with Crippen molar-refractivity contribution in [1.82, 2.24) is 15.3 Å². The predicted octanol–water partition coefficient (Wildman–Crippen LogP) is 1.96. The van der Waals surface area contributed by atoms with Crippen LogP contribution in [0.15, 0.2) is 36.8 Å². The highest BCUT2D eigenvalue weighted by molar-refractivity contribution is 6.30. The summed E-state index contributed by atoms with van der Waals surface area (Å²) in [5, 5.41) is 3.51. The first-order valence-electron chi connectivity index (χ1n) is 5.72. The zero-order chi connectivity index (χ0) is 12.8. The Hall–Kier alpha value is -1.81. The number of hydrogen-bond acceptors (Lipinski definition) is 2. The summed E-state index contributed by atoms with van der Waals surface area (Å²) in [6.07, 6.45) is 4.48. The zero-order valence-electron chi connectivity index (χ0n) is 9.82. The Labute approximate surface area is 110 Å². The van der Waals surface area contributed by atoms with Crippen LogP contribution in [-0.4, -0.2) is 22.4 Å². The molecular weight excluding hydrogens is 250 g/mol. The summed E-state index contributed by atoms with van der Waals surface area (Å²) in [6.45, 7) is 0.599. The lowest BCUT2D eigenvalue weighted by molar-refractivity contribution is -0.120. The van der Waals surface area contributed by atoms with Crippen molar-refractivity contribution in [1.29, 1.82) is 0 Å². The molecule has 18 heavy (non-hydrogen) atoms. The Morgan fingerprint density at radius 1 is 1.44 bits per heavy atom. The fourth-order valence-corrected chi connectivity index (χ4v) is 1.87. The Morgan fingerprint density at radius 2 is 2.33 bits per heavy atom. The first kappa shape index (κ1) is 12.6. The fourth-order valence-electron chi connectivity index (χ4n) is 1.65. The number of hydrogen-bond donors (Lipinski definition) is 2. The fraction of sp³-hybridized carbons (Fsp3) is 0.231. The van der Waals surface area contributed by atoms with Gasteiger partial charge in [0.1, 0.15) is 0 Å². The van der Waals surface area contributed by atoms with E-state index in [1.165, 1.54) is 0 Å². The molecule has 0 bridgehead atoms. The molecule has 0 unspecified atom stereocenters. The van der Waals surface area contributed by atoms with Crippen LogP contribution < -0.4 is 5.32 Å². The highest BCUT2D eigenvalue weighted by atomic mass is 35.5. The van der Waals surface area contributed by atoms with Gasteiger partial charge in [-0.05, 0) is 17.7 Å². The van der Waals surface area contributed by atoms with E-state index in [4.69, 9.17) is 11.6 Å². The summed E-state index contributed by atoms with van der Waals surface area (Å²) in [5.41, 5.74) is 1.93. The molecule has 94 valence electrons. The average molecular weight is 264 g/mol. The maximum atomic E-state index is 11.7. The minimum absolute atomic E-state index is 0.00298. The smallest absolute Gasteiger partial charge is 0.224 e. The highest BCUT2D eigenvalue weighted by Crippen LogP contribution is 2.10. The SMILES string of the molecule is O=C(Cc1cccc(Cl)c1)NCCc1cnc[nH]1. The molecule has 0 saturated heterocycles. The van der Waals surface area contributed by atoms with Gasteiger partial charge in [-0.15, -0.1) is 0 Å². The number of imidazole rings is 1. The van der Waals surface area contributed by atoms with Gasteiger partial charge in [-0.25, -0.2) is 4.98 Å². The standard InChI is InChI=1S/C13H14ClN3O/c14-11-3-1-2-10(6-11)7-13(18)16-5-4-12-8-15-9-17-12/h1-3,6,8-9H,4-5,7H2,(H,15,17)(H,16,18). The number of carbonyl (C=O) groups is 1. The number of amides is 1. The van der Waals surface area contributed by atoms with E-state index >= 15 is 0 Å². The quantitative estimate of drug-likeness (QED) is 0.866. The second kappa shape index (κ2) is 6.21. The predicted molar refractivity (Wildman–Crippen MR) is 70.5 cm³/mol. The van der Waals surface area contributed by atoms with Gasteiger partial charge in [-0.1, -0.05) is 23.7 Å². The minimum atomic E-state index is -0.00298. The number of nitrogens with one attached hydrogen (secondary N) is 2. The lowest BCUT2D eigenvalue weighted by atomic mass is 10.1. The average Bonchev–Trinajstić information content (AvgIpc) is 2.82. The van der Waals surface area contributed by atoms with Gasteiger partial charge in [0.05, 0.1) is 12.7 Å². The van der Waals surface area contributed by atoms with Gasteiger partial charge in [-0.3, -0.25) is 4.79 Å². The topological polar surface area (TPSA) is 57.8 Å². The van der Waals surface area contributed by atoms with Crippen molar-refractivity contribution in [2.45, 2.75) is 12.8 Å². The van der Waals surface area contributed by atoms with Crippen LogP contribution in [0, 0.1) is 0 Å². The van der Waals surface area contributed by atoms with Crippen LogP contribution >= 0.6 is 11.6 Å². The molecule has 5 heteroatoms. The summed E-state index contributed by atoms with van der Waals surface area (Å²) in [6, 6.07) is 7.33.